The third-order valence-electron chi connectivity index (χ3n) is 5.78. The second-order valence-corrected chi connectivity index (χ2v) is 10.7. The van der Waals surface area contributed by atoms with Gasteiger partial charge in [0.1, 0.15) is 11.8 Å². The van der Waals surface area contributed by atoms with E-state index in [4.69, 9.17) is 16.3 Å². The summed E-state index contributed by atoms with van der Waals surface area (Å²) in [7, 11) is -2.35. The first-order valence-corrected chi connectivity index (χ1v) is 13.3. The number of benzene rings is 2. The van der Waals surface area contributed by atoms with Gasteiger partial charge < -0.3 is 10.1 Å². The summed E-state index contributed by atoms with van der Waals surface area (Å²) in [6.45, 7) is 4.99. The third kappa shape index (κ3) is 6.85. The van der Waals surface area contributed by atoms with E-state index in [1.54, 1.807) is 19.1 Å². The normalized spacial score (nSPS) is 15.6. The molecule has 1 amide bonds. The van der Waals surface area contributed by atoms with Gasteiger partial charge in [0.25, 0.3) is 0 Å². The summed E-state index contributed by atoms with van der Waals surface area (Å²) in [5.74, 6) is -0.0984. The second-order valence-electron chi connectivity index (χ2n) is 8.43. The summed E-state index contributed by atoms with van der Waals surface area (Å²) in [5, 5.41) is 3.22. The first-order chi connectivity index (χ1) is 15.7. The molecular weight excluding hydrogens is 462 g/mol. The van der Waals surface area contributed by atoms with Gasteiger partial charge in [0.15, 0.2) is 0 Å². The van der Waals surface area contributed by atoms with Crippen LogP contribution in [-0.4, -0.2) is 51.7 Å². The fourth-order valence-corrected chi connectivity index (χ4v) is 5.50. The zero-order chi connectivity index (χ0) is 24.0. The van der Waals surface area contributed by atoms with Crippen LogP contribution in [0.3, 0.4) is 0 Å². The molecule has 1 N–H and O–H groups in total. The van der Waals surface area contributed by atoms with Crippen molar-refractivity contribution in [2.75, 3.05) is 30.8 Å². The standard InChI is InChI=1S/C24H32ClN3O4S/c1-18(28(33(3,30)31)22-15-21(25)10-11-23(22)32-2)24(29)26-16-19-8-7-9-20(14-19)17-27-12-5-4-6-13-27/h7-11,14-15,18H,4-6,12-13,16-17H2,1-3H3,(H,26,29)/t18-/m1/s1. The van der Waals surface area contributed by atoms with Crippen molar-refractivity contribution < 1.29 is 17.9 Å². The number of likely N-dealkylation sites (tertiary alicyclic amines) is 1. The van der Waals surface area contributed by atoms with Crippen molar-refractivity contribution in [3.05, 3.63) is 58.6 Å². The number of anilines is 1. The predicted octanol–water partition coefficient (Wildman–Crippen LogP) is 3.81. The van der Waals surface area contributed by atoms with Crippen LogP contribution in [0.15, 0.2) is 42.5 Å². The molecule has 1 aliphatic heterocycles. The molecule has 33 heavy (non-hydrogen) atoms. The number of piperidine rings is 1. The van der Waals surface area contributed by atoms with Gasteiger partial charge in [0.05, 0.1) is 19.1 Å². The minimum atomic E-state index is -3.79. The highest BCUT2D eigenvalue weighted by molar-refractivity contribution is 7.92. The van der Waals surface area contributed by atoms with Crippen LogP contribution in [0.25, 0.3) is 0 Å². The van der Waals surface area contributed by atoms with Crippen LogP contribution in [-0.2, 0) is 27.9 Å². The molecular formula is C24H32ClN3O4S. The van der Waals surface area contributed by atoms with Crippen molar-refractivity contribution in [1.82, 2.24) is 10.2 Å². The van der Waals surface area contributed by atoms with Crippen molar-refractivity contribution in [2.24, 2.45) is 0 Å². The van der Waals surface area contributed by atoms with Gasteiger partial charge in [-0.05, 0) is 62.2 Å². The number of methoxy groups -OCH3 is 1. The summed E-state index contributed by atoms with van der Waals surface area (Å²) in [6.07, 6.45) is 4.83. The molecule has 180 valence electrons. The molecule has 1 fully saturated rings. The summed E-state index contributed by atoms with van der Waals surface area (Å²) in [5.41, 5.74) is 2.40. The van der Waals surface area contributed by atoms with Gasteiger partial charge in [-0.2, -0.15) is 0 Å². The molecule has 2 aromatic carbocycles. The molecule has 0 aliphatic carbocycles. The largest absolute Gasteiger partial charge is 0.495 e. The Hall–Kier alpha value is -2.29. The van der Waals surface area contributed by atoms with Crippen molar-refractivity contribution >= 4 is 33.2 Å². The Morgan fingerprint density at radius 3 is 2.52 bits per heavy atom. The number of nitrogens with one attached hydrogen (secondary N) is 1. The first-order valence-electron chi connectivity index (χ1n) is 11.1. The Labute approximate surface area is 201 Å². The van der Waals surface area contributed by atoms with Crippen LogP contribution < -0.4 is 14.4 Å². The van der Waals surface area contributed by atoms with E-state index >= 15 is 0 Å². The lowest BCUT2D eigenvalue weighted by molar-refractivity contribution is -0.122. The zero-order valence-electron chi connectivity index (χ0n) is 19.4. The number of hydrogen-bond acceptors (Lipinski definition) is 5. The molecule has 3 rings (SSSR count). The van der Waals surface area contributed by atoms with E-state index in [1.165, 1.54) is 38.0 Å². The maximum absolute atomic E-state index is 13.0. The number of carbonyl (C=O) groups is 1. The average Bonchev–Trinajstić information content (AvgIpc) is 2.78. The van der Waals surface area contributed by atoms with Crippen molar-refractivity contribution in [1.29, 1.82) is 0 Å². The van der Waals surface area contributed by atoms with Crippen molar-refractivity contribution in [3.63, 3.8) is 0 Å². The highest BCUT2D eigenvalue weighted by Crippen LogP contribution is 2.34. The van der Waals surface area contributed by atoms with Crippen LogP contribution >= 0.6 is 11.6 Å². The number of amides is 1. The smallest absolute Gasteiger partial charge is 0.243 e. The molecule has 9 heteroatoms. The van der Waals surface area contributed by atoms with E-state index in [-0.39, 0.29) is 5.69 Å². The number of sulfonamides is 1. The van der Waals surface area contributed by atoms with Gasteiger partial charge in [-0.3, -0.25) is 14.0 Å². The fraction of sp³-hybridized carbons (Fsp3) is 0.458. The lowest BCUT2D eigenvalue weighted by Gasteiger charge is -2.29. The Bertz CT molecular complexity index is 1070. The fourth-order valence-electron chi connectivity index (χ4n) is 4.17. The maximum atomic E-state index is 13.0. The van der Waals surface area contributed by atoms with E-state index in [0.29, 0.717) is 17.3 Å². The van der Waals surface area contributed by atoms with Crippen LogP contribution in [0.4, 0.5) is 5.69 Å². The van der Waals surface area contributed by atoms with Crippen molar-refractivity contribution in [3.8, 4) is 5.75 Å². The molecule has 0 saturated carbocycles. The van der Waals surface area contributed by atoms with Gasteiger partial charge >= 0.3 is 0 Å². The van der Waals surface area contributed by atoms with E-state index < -0.39 is 22.0 Å². The first kappa shape index (κ1) is 25.3. The molecule has 0 unspecified atom stereocenters. The SMILES string of the molecule is COc1ccc(Cl)cc1N([C@H](C)C(=O)NCc1cccc(CN2CCCCC2)c1)S(C)(=O)=O. The van der Waals surface area contributed by atoms with Crippen LogP contribution in [0.5, 0.6) is 5.75 Å². The number of carbonyl (C=O) groups excluding carboxylic acids is 1. The van der Waals surface area contributed by atoms with E-state index in [0.717, 1.165) is 35.8 Å². The Morgan fingerprint density at radius 1 is 1.15 bits per heavy atom. The Kier molecular flexibility index (Phi) is 8.62. The minimum absolute atomic E-state index is 0.221. The predicted molar refractivity (Wildman–Crippen MR) is 132 cm³/mol. The quantitative estimate of drug-likeness (QED) is 0.574. The summed E-state index contributed by atoms with van der Waals surface area (Å²) in [4.78, 5) is 15.4. The van der Waals surface area contributed by atoms with E-state index in [9.17, 15) is 13.2 Å². The number of ether oxygens (including phenoxy) is 1. The summed E-state index contributed by atoms with van der Waals surface area (Å²) < 4.78 is 31.6. The summed E-state index contributed by atoms with van der Waals surface area (Å²) >= 11 is 6.10. The monoisotopic (exact) mass is 493 g/mol. The Morgan fingerprint density at radius 2 is 1.85 bits per heavy atom. The number of halogens is 1. The molecule has 1 atom stereocenters. The summed E-state index contributed by atoms with van der Waals surface area (Å²) in [6, 6.07) is 11.8. The molecule has 1 aliphatic rings. The Balaban J connectivity index is 1.71. The highest BCUT2D eigenvalue weighted by Gasteiger charge is 2.31. The van der Waals surface area contributed by atoms with Crippen LogP contribution in [0, 0.1) is 0 Å². The minimum Gasteiger partial charge on any atom is -0.495 e. The molecule has 0 spiro atoms. The molecule has 0 aromatic heterocycles. The average molecular weight is 494 g/mol. The molecule has 0 bridgehead atoms. The highest BCUT2D eigenvalue weighted by atomic mass is 35.5. The maximum Gasteiger partial charge on any atom is 0.243 e. The van der Waals surface area contributed by atoms with Gasteiger partial charge in [-0.15, -0.1) is 0 Å². The third-order valence-corrected chi connectivity index (χ3v) is 7.24. The molecule has 2 aromatic rings. The van der Waals surface area contributed by atoms with Gasteiger partial charge in [0, 0.05) is 18.1 Å². The lowest BCUT2D eigenvalue weighted by atomic mass is 10.1. The molecule has 7 nitrogen and oxygen atoms in total. The van der Waals surface area contributed by atoms with Crippen LogP contribution in [0.2, 0.25) is 5.02 Å². The number of rotatable bonds is 9. The number of nitrogens with zero attached hydrogens (tertiary/aromatic N) is 2. The molecule has 1 heterocycles. The van der Waals surface area contributed by atoms with E-state index in [2.05, 4.69) is 22.3 Å². The molecule has 1 saturated heterocycles. The van der Waals surface area contributed by atoms with Crippen molar-refractivity contribution in [2.45, 2.75) is 45.3 Å². The van der Waals surface area contributed by atoms with Gasteiger partial charge in [0.2, 0.25) is 15.9 Å². The molecule has 0 radical (unpaired) electrons. The number of hydrogen-bond donors (Lipinski definition) is 1. The zero-order valence-corrected chi connectivity index (χ0v) is 21.0. The van der Waals surface area contributed by atoms with E-state index in [1.807, 2.05) is 12.1 Å². The van der Waals surface area contributed by atoms with Gasteiger partial charge in [-0.1, -0.05) is 42.3 Å². The van der Waals surface area contributed by atoms with Crippen LogP contribution in [0.1, 0.15) is 37.3 Å². The lowest BCUT2D eigenvalue weighted by Crippen LogP contribution is -2.47. The topological polar surface area (TPSA) is 79.0 Å². The second kappa shape index (κ2) is 11.2. The van der Waals surface area contributed by atoms with Gasteiger partial charge in [-0.25, -0.2) is 8.42 Å².